The summed E-state index contributed by atoms with van der Waals surface area (Å²) in [4.78, 5) is 0.143. The van der Waals surface area contributed by atoms with Crippen molar-refractivity contribution >= 4 is 10.0 Å². The van der Waals surface area contributed by atoms with Crippen molar-refractivity contribution in [1.82, 2.24) is 0 Å². The van der Waals surface area contributed by atoms with E-state index in [0.717, 1.165) is 11.1 Å². The molecule has 0 amide bonds. The molecule has 1 N–H and O–H groups in total. The Hall–Kier alpha value is -1.82. The van der Waals surface area contributed by atoms with Crippen LogP contribution in [0.3, 0.4) is 0 Å². The van der Waals surface area contributed by atoms with Crippen molar-refractivity contribution in [3.8, 4) is 0 Å². The SMILES string of the molecule is Cc1ccc(S(=O)(=O)[N-]C(c2ccccc2)C([NH-])c2ccccc2)cc1.[Ir]. The Morgan fingerprint density at radius 1 is 0.778 bits per heavy atom. The molecule has 27 heavy (non-hydrogen) atoms. The van der Waals surface area contributed by atoms with Gasteiger partial charge < -0.3 is 10.5 Å². The van der Waals surface area contributed by atoms with Crippen LogP contribution in [0.4, 0.5) is 0 Å². The molecule has 0 aliphatic heterocycles. The summed E-state index contributed by atoms with van der Waals surface area (Å²) in [6.07, 6.45) is 0. The summed E-state index contributed by atoms with van der Waals surface area (Å²) in [6.45, 7) is 1.90. The fourth-order valence-electron chi connectivity index (χ4n) is 2.73. The number of rotatable bonds is 6. The van der Waals surface area contributed by atoms with E-state index >= 15 is 0 Å². The van der Waals surface area contributed by atoms with Crippen LogP contribution < -0.4 is 0 Å². The Morgan fingerprint density at radius 2 is 1.26 bits per heavy atom. The first-order chi connectivity index (χ1) is 12.5. The van der Waals surface area contributed by atoms with E-state index in [1.54, 1.807) is 24.3 Å². The number of sulfonamides is 1. The molecule has 0 heterocycles. The van der Waals surface area contributed by atoms with Crippen LogP contribution in [0.25, 0.3) is 10.5 Å². The molecule has 3 aromatic carbocycles. The summed E-state index contributed by atoms with van der Waals surface area (Å²) in [5.74, 6) is 0. The molecule has 0 aliphatic rings. The number of nitrogens with zero attached hydrogens (tertiary/aromatic N) is 1. The van der Waals surface area contributed by atoms with Gasteiger partial charge in [-0.2, -0.15) is 0 Å². The standard InChI is InChI=1S/C21H20N2O2S.Ir/c1-16-12-14-19(15-13-16)26(24,25)23-21(18-10-6-3-7-11-18)20(22)17-8-4-2-5-9-17;/h2-15,20-22H,1H3;/q-2;. The molecule has 0 aromatic heterocycles. The maximum Gasteiger partial charge on any atom is 0.101 e. The number of hydrogen-bond donors (Lipinski definition) is 0. The average molecular weight is 557 g/mol. The molecule has 0 aliphatic carbocycles. The van der Waals surface area contributed by atoms with Crippen molar-refractivity contribution in [3.63, 3.8) is 0 Å². The van der Waals surface area contributed by atoms with Crippen molar-refractivity contribution in [3.05, 3.63) is 112 Å². The minimum atomic E-state index is -3.87. The fraction of sp³-hybridized carbons (Fsp3) is 0.143. The maximum atomic E-state index is 12.8. The molecule has 2 atom stereocenters. The zero-order chi connectivity index (χ0) is 18.6. The molecule has 0 fully saturated rings. The van der Waals surface area contributed by atoms with Gasteiger partial charge >= 0.3 is 0 Å². The van der Waals surface area contributed by atoms with E-state index < -0.39 is 22.1 Å². The second kappa shape index (κ2) is 9.40. The van der Waals surface area contributed by atoms with E-state index in [0.29, 0.717) is 5.56 Å². The zero-order valence-electron chi connectivity index (χ0n) is 14.7. The first-order valence-corrected chi connectivity index (χ1v) is 9.76. The molecular formula is C21H20IrN2O2S-2. The van der Waals surface area contributed by atoms with E-state index in [-0.39, 0.29) is 25.0 Å². The van der Waals surface area contributed by atoms with Gasteiger partial charge in [-0.1, -0.05) is 89.5 Å². The summed E-state index contributed by atoms with van der Waals surface area (Å²) in [7, 11) is -3.87. The van der Waals surface area contributed by atoms with Crippen molar-refractivity contribution in [2.75, 3.05) is 0 Å². The topological polar surface area (TPSA) is 72.0 Å². The van der Waals surface area contributed by atoms with Gasteiger partial charge in [0.2, 0.25) is 0 Å². The number of benzene rings is 3. The second-order valence-corrected chi connectivity index (χ2v) is 7.77. The predicted octanol–water partition coefficient (Wildman–Crippen LogP) is 5.59. The first kappa shape index (κ1) is 21.5. The van der Waals surface area contributed by atoms with Gasteiger partial charge in [-0.25, -0.2) is 8.42 Å². The third kappa shape index (κ3) is 5.34. The molecule has 6 heteroatoms. The molecule has 3 aromatic rings. The summed E-state index contributed by atoms with van der Waals surface area (Å²) >= 11 is 0. The van der Waals surface area contributed by atoms with Crippen molar-refractivity contribution in [2.45, 2.75) is 23.9 Å². The van der Waals surface area contributed by atoms with E-state index in [4.69, 9.17) is 5.73 Å². The van der Waals surface area contributed by atoms with Gasteiger partial charge in [-0.15, -0.1) is 12.1 Å². The van der Waals surface area contributed by atoms with E-state index in [1.807, 2.05) is 67.6 Å². The Morgan fingerprint density at radius 3 is 1.78 bits per heavy atom. The van der Waals surface area contributed by atoms with E-state index in [1.165, 1.54) is 0 Å². The van der Waals surface area contributed by atoms with Gasteiger partial charge in [-0.3, -0.25) is 0 Å². The van der Waals surface area contributed by atoms with Gasteiger partial charge in [-0.05, 0) is 19.1 Å². The van der Waals surface area contributed by atoms with Crippen LogP contribution in [0, 0.1) is 6.92 Å². The summed E-state index contributed by atoms with van der Waals surface area (Å²) in [6, 6.07) is 23.3. The molecule has 4 nitrogen and oxygen atoms in total. The Balaban J connectivity index is 0.00000261. The van der Waals surface area contributed by atoms with Crippen molar-refractivity contribution < 1.29 is 28.5 Å². The van der Waals surface area contributed by atoms with E-state index in [9.17, 15) is 8.42 Å². The van der Waals surface area contributed by atoms with Crippen LogP contribution in [0.15, 0.2) is 89.8 Å². The number of aryl methyl sites for hydroxylation is 1. The molecule has 3 rings (SSSR count). The van der Waals surface area contributed by atoms with Gasteiger partial charge in [0.05, 0.1) is 0 Å². The van der Waals surface area contributed by atoms with Crippen LogP contribution >= 0.6 is 0 Å². The largest absolute Gasteiger partial charge is 0.672 e. The number of hydrogen-bond acceptors (Lipinski definition) is 2. The molecule has 2 unspecified atom stereocenters. The van der Waals surface area contributed by atoms with E-state index in [2.05, 4.69) is 4.72 Å². The van der Waals surface area contributed by atoms with Gasteiger partial charge in [0, 0.05) is 25.0 Å². The fourth-order valence-corrected chi connectivity index (χ4v) is 3.87. The Labute approximate surface area is 174 Å². The summed E-state index contributed by atoms with van der Waals surface area (Å²) in [5.41, 5.74) is 11.0. The number of nitrogens with one attached hydrogen (secondary N) is 1. The first-order valence-electron chi connectivity index (χ1n) is 8.32. The third-order valence-corrected chi connectivity index (χ3v) is 5.56. The summed E-state index contributed by atoms with van der Waals surface area (Å²) in [5, 5.41) is 0. The Bertz CT molecular complexity index is 946. The molecule has 1 radical (unpaired) electrons. The molecule has 0 spiro atoms. The second-order valence-electron chi connectivity index (χ2n) is 6.14. The molecule has 0 saturated heterocycles. The zero-order valence-corrected chi connectivity index (χ0v) is 18.0. The van der Waals surface area contributed by atoms with Crippen LogP contribution in [-0.2, 0) is 30.1 Å². The van der Waals surface area contributed by atoms with Gasteiger partial charge in [0.25, 0.3) is 0 Å². The normalized spacial score (nSPS) is 13.4. The monoisotopic (exact) mass is 557 g/mol. The quantitative estimate of drug-likeness (QED) is 0.397. The van der Waals surface area contributed by atoms with Crippen LogP contribution in [0.5, 0.6) is 0 Å². The summed E-state index contributed by atoms with van der Waals surface area (Å²) < 4.78 is 29.8. The van der Waals surface area contributed by atoms with Crippen LogP contribution in [0.2, 0.25) is 0 Å². The Kier molecular flexibility index (Phi) is 7.48. The molecular weight excluding hydrogens is 537 g/mol. The van der Waals surface area contributed by atoms with Crippen molar-refractivity contribution in [2.24, 2.45) is 0 Å². The molecule has 0 saturated carbocycles. The minimum Gasteiger partial charge on any atom is -0.672 e. The van der Waals surface area contributed by atoms with Crippen LogP contribution in [-0.4, -0.2) is 8.42 Å². The average Bonchev–Trinajstić information content (AvgIpc) is 2.67. The minimum absolute atomic E-state index is 0. The van der Waals surface area contributed by atoms with Gasteiger partial charge in [0.15, 0.2) is 0 Å². The smallest absolute Gasteiger partial charge is 0.101 e. The third-order valence-electron chi connectivity index (χ3n) is 4.19. The van der Waals surface area contributed by atoms with Gasteiger partial charge in [0.1, 0.15) is 10.0 Å². The molecule has 143 valence electrons. The maximum absolute atomic E-state index is 12.8. The molecule has 0 bridgehead atoms. The van der Waals surface area contributed by atoms with Crippen molar-refractivity contribution in [1.29, 1.82) is 0 Å². The predicted molar refractivity (Wildman–Crippen MR) is 104 cm³/mol. The van der Waals surface area contributed by atoms with Crippen LogP contribution in [0.1, 0.15) is 28.8 Å².